The van der Waals surface area contributed by atoms with Crippen molar-refractivity contribution in [2.45, 2.75) is 30.5 Å². The molecular weight excluding hydrogens is 410 g/mol. The lowest BCUT2D eigenvalue weighted by Gasteiger charge is -2.06. The molecule has 7 nitrogen and oxygen atoms in total. The van der Waals surface area contributed by atoms with Crippen LogP contribution in [0.15, 0.2) is 52.4 Å². The summed E-state index contributed by atoms with van der Waals surface area (Å²) in [5.41, 5.74) is 1.17. The van der Waals surface area contributed by atoms with Crippen LogP contribution in [-0.4, -0.2) is 34.4 Å². The third-order valence-electron chi connectivity index (χ3n) is 4.05. The number of carbonyl (C=O) groups excluding carboxylic acids is 1. The van der Waals surface area contributed by atoms with Crippen molar-refractivity contribution in [3.63, 3.8) is 0 Å². The van der Waals surface area contributed by atoms with E-state index in [0.29, 0.717) is 34.3 Å². The van der Waals surface area contributed by atoms with Crippen LogP contribution in [0.2, 0.25) is 0 Å². The van der Waals surface area contributed by atoms with Gasteiger partial charge in [0.1, 0.15) is 0 Å². The Morgan fingerprint density at radius 3 is 2.79 bits per heavy atom. The van der Waals surface area contributed by atoms with Gasteiger partial charge in [-0.15, -0.1) is 11.8 Å². The third kappa shape index (κ3) is 5.11. The third-order valence-corrected chi connectivity index (χ3v) is 6.10. The fraction of sp³-hybridized carbons (Fsp3) is 0.300. The quantitative estimate of drug-likeness (QED) is 0.312. The molecule has 1 aromatic heterocycles. The van der Waals surface area contributed by atoms with E-state index in [0.717, 1.165) is 9.60 Å². The zero-order valence-corrected chi connectivity index (χ0v) is 18.0. The van der Waals surface area contributed by atoms with Gasteiger partial charge in [-0.1, -0.05) is 31.3 Å². The summed E-state index contributed by atoms with van der Waals surface area (Å²) in [6, 6.07) is 12.1. The fourth-order valence-corrected chi connectivity index (χ4v) is 4.71. The minimum atomic E-state index is -0.433. The number of thioether (sulfide) groups is 1. The molecule has 0 bridgehead atoms. The predicted molar refractivity (Wildman–Crippen MR) is 116 cm³/mol. The number of ether oxygens (including phenoxy) is 1. The summed E-state index contributed by atoms with van der Waals surface area (Å²) >= 11 is 3.01. The van der Waals surface area contributed by atoms with Gasteiger partial charge in [0.2, 0.25) is 0 Å². The summed E-state index contributed by atoms with van der Waals surface area (Å²) in [6.45, 7) is 5.03. The van der Waals surface area contributed by atoms with E-state index in [9.17, 15) is 14.9 Å². The predicted octanol–water partition coefficient (Wildman–Crippen LogP) is 4.50. The monoisotopic (exact) mass is 431 g/mol. The molecule has 29 heavy (non-hydrogen) atoms. The maximum absolute atomic E-state index is 12.8. The Bertz CT molecular complexity index is 1120. The molecule has 0 N–H and O–H groups in total. The van der Waals surface area contributed by atoms with Crippen LogP contribution in [0.5, 0.6) is 0 Å². The van der Waals surface area contributed by atoms with Gasteiger partial charge in [-0.25, -0.2) is 0 Å². The maximum atomic E-state index is 12.8. The lowest BCUT2D eigenvalue weighted by atomic mass is 10.2. The van der Waals surface area contributed by atoms with Gasteiger partial charge in [-0.2, -0.15) is 4.99 Å². The molecule has 0 aliphatic heterocycles. The number of nitro groups is 1. The number of amides is 1. The molecule has 0 spiro atoms. The highest BCUT2D eigenvalue weighted by Gasteiger charge is 2.14. The van der Waals surface area contributed by atoms with Crippen molar-refractivity contribution in [2.24, 2.45) is 4.99 Å². The number of rotatable bonds is 7. The normalized spacial score (nSPS) is 12.1. The Morgan fingerprint density at radius 1 is 1.31 bits per heavy atom. The average molecular weight is 432 g/mol. The smallest absolute Gasteiger partial charge is 0.279 e. The van der Waals surface area contributed by atoms with E-state index in [4.69, 9.17) is 4.74 Å². The number of thiazole rings is 1. The first kappa shape index (κ1) is 21.2. The second-order valence-corrected chi connectivity index (χ2v) is 9.21. The van der Waals surface area contributed by atoms with Gasteiger partial charge in [-0.3, -0.25) is 14.9 Å². The van der Waals surface area contributed by atoms with Crippen LogP contribution < -0.4 is 4.80 Å². The summed E-state index contributed by atoms with van der Waals surface area (Å²) in [6.07, 6.45) is 0. The number of methoxy groups -OCH3 is 1. The molecule has 0 fully saturated rings. The van der Waals surface area contributed by atoms with Crippen molar-refractivity contribution in [2.75, 3.05) is 13.7 Å². The van der Waals surface area contributed by atoms with E-state index in [1.54, 1.807) is 35.6 Å². The van der Waals surface area contributed by atoms with Gasteiger partial charge in [0, 0.05) is 41.5 Å². The first-order chi connectivity index (χ1) is 13.9. The molecule has 1 amide bonds. The van der Waals surface area contributed by atoms with Gasteiger partial charge < -0.3 is 9.30 Å². The van der Waals surface area contributed by atoms with Crippen molar-refractivity contribution in [1.29, 1.82) is 0 Å². The molecule has 9 heteroatoms. The zero-order chi connectivity index (χ0) is 21.0. The zero-order valence-electron chi connectivity index (χ0n) is 16.3. The van der Waals surface area contributed by atoms with Crippen LogP contribution in [0.3, 0.4) is 0 Å². The van der Waals surface area contributed by atoms with Crippen molar-refractivity contribution in [3.8, 4) is 0 Å². The Morgan fingerprint density at radius 2 is 2.10 bits per heavy atom. The van der Waals surface area contributed by atoms with E-state index in [-0.39, 0.29) is 11.6 Å². The number of non-ortho nitro benzene ring substituents is 1. The summed E-state index contributed by atoms with van der Waals surface area (Å²) in [5.74, 6) is -0.344. The Kier molecular flexibility index (Phi) is 6.83. The highest BCUT2D eigenvalue weighted by Crippen LogP contribution is 2.25. The molecule has 0 saturated heterocycles. The number of nitro benzene ring substituents is 1. The number of hydrogen-bond donors (Lipinski definition) is 0. The summed E-state index contributed by atoms with van der Waals surface area (Å²) in [7, 11) is 1.58. The van der Waals surface area contributed by atoms with Gasteiger partial charge in [-0.05, 0) is 24.3 Å². The van der Waals surface area contributed by atoms with Crippen molar-refractivity contribution < 1.29 is 14.5 Å². The average Bonchev–Trinajstić information content (AvgIpc) is 3.02. The number of fused-ring (bicyclic) bond motifs is 1. The Balaban J connectivity index is 2.06. The maximum Gasteiger partial charge on any atom is 0.279 e. The van der Waals surface area contributed by atoms with Crippen LogP contribution in [0, 0.1) is 10.1 Å². The molecule has 1 heterocycles. The summed E-state index contributed by atoms with van der Waals surface area (Å²) in [4.78, 5) is 29.3. The van der Waals surface area contributed by atoms with E-state index in [1.165, 1.54) is 23.5 Å². The number of benzene rings is 2. The largest absolute Gasteiger partial charge is 0.383 e. The first-order valence-electron chi connectivity index (χ1n) is 9.01. The van der Waals surface area contributed by atoms with Gasteiger partial charge >= 0.3 is 0 Å². The van der Waals surface area contributed by atoms with Crippen LogP contribution in [0.1, 0.15) is 24.2 Å². The van der Waals surface area contributed by atoms with Crippen LogP contribution in [0.4, 0.5) is 5.69 Å². The van der Waals surface area contributed by atoms with Gasteiger partial charge in [0.15, 0.2) is 4.80 Å². The molecule has 0 radical (unpaired) electrons. The fourth-order valence-electron chi connectivity index (χ4n) is 2.78. The molecule has 152 valence electrons. The van der Waals surface area contributed by atoms with E-state index in [2.05, 4.69) is 18.8 Å². The van der Waals surface area contributed by atoms with Crippen molar-refractivity contribution >= 4 is 44.9 Å². The Hall–Kier alpha value is -2.49. The van der Waals surface area contributed by atoms with Crippen LogP contribution in [-0.2, 0) is 11.3 Å². The van der Waals surface area contributed by atoms with E-state index >= 15 is 0 Å². The topological polar surface area (TPSA) is 86.7 Å². The van der Waals surface area contributed by atoms with Crippen LogP contribution >= 0.6 is 23.1 Å². The second kappa shape index (κ2) is 9.34. The van der Waals surface area contributed by atoms with Crippen molar-refractivity contribution in [1.82, 2.24) is 4.57 Å². The summed E-state index contributed by atoms with van der Waals surface area (Å²) in [5, 5.41) is 11.6. The lowest BCUT2D eigenvalue weighted by Crippen LogP contribution is -2.19. The van der Waals surface area contributed by atoms with Gasteiger partial charge in [0.25, 0.3) is 11.6 Å². The Labute approximate surface area is 176 Å². The van der Waals surface area contributed by atoms with E-state index < -0.39 is 4.92 Å². The number of aromatic nitrogens is 1. The molecule has 2 aromatic carbocycles. The minimum absolute atomic E-state index is 0.00208. The SMILES string of the molecule is COCCn1c(=NC(=O)c2cccc(SC(C)C)c2)sc2ccc([N+](=O)[O-])cc21. The first-order valence-corrected chi connectivity index (χ1v) is 10.7. The minimum Gasteiger partial charge on any atom is -0.383 e. The molecule has 3 aromatic rings. The molecule has 3 rings (SSSR count). The van der Waals surface area contributed by atoms with Gasteiger partial charge in [0.05, 0.1) is 21.7 Å². The molecule has 0 atom stereocenters. The molecule has 0 aliphatic carbocycles. The molecule has 0 saturated carbocycles. The lowest BCUT2D eigenvalue weighted by molar-refractivity contribution is -0.384. The summed E-state index contributed by atoms with van der Waals surface area (Å²) < 4.78 is 7.77. The number of hydrogen-bond acceptors (Lipinski definition) is 6. The molecular formula is C20H21N3O4S2. The number of nitrogens with zero attached hydrogens (tertiary/aromatic N) is 3. The number of carbonyl (C=O) groups is 1. The standard InChI is InChI=1S/C20H21N3O4S2/c1-13(2)28-16-6-4-5-14(11-16)19(24)21-20-22(9-10-27-3)17-12-15(23(25)26)7-8-18(17)29-20/h4-8,11-13H,9-10H2,1-3H3. The van der Waals surface area contributed by atoms with E-state index in [1.807, 2.05) is 18.2 Å². The highest BCUT2D eigenvalue weighted by molar-refractivity contribution is 7.99. The molecule has 0 unspecified atom stereocenters. The highest BCUT2D eigenvalue weighted by atomic mass is 32.2. The van der Waals surface area contributed by atoms with Crippen LogP contribution in [0.25, 0.3) is 10.2 Å². The van der Waals surface area contributed by atoms with Crippen molar-refractivity contribution in [3.05, 3.63) is 62.9 Å². The molecule has 0 aliphatic rings. The second-order valence-electron chi connectivity index (χ2n) is 6.55.